The summed E-state index contributed by atoms with van der Waals surface area (Å²) < 4.78 is 1.95. The first kappa shape index (κ1) is 18.8. The van der Waals surface area contributed by atoms with Crippen LogP contribution in [0.25, 0.3) is 5.69 Å². The molecule has 0 bridgehead atoms. The Hall–Kier alpha value is -2.94. The van der Waals surface area contributed by atoms with Gasteiger partial charge < -0.3 is 5.32 Å². The molecule has 0 fully saturated rings. The van der Waals surface area contributed by atoms with Crippen molar-refractivity contribution in [1.82, 2.24) is 15.1 Å². The number of aryl methyl sites for hydroxylation is 2. The number of carbonyl (C=O) groups is 1. The van der Waals surface area contributed by atoms with Gasteiger partial charge in [-0.25, -0.2) is 4.68 Å². The van der Waals surface area contributed by atoms with Crippen molar-refractivity contribution in [3.63, 3.8) is 0 Å². The number of hydrogen-bond acceptors (Lipinski definition) is 4. The first-order valence-corrected chi connectivity index (χ1v) is 9.21. The summed E-state index contributed by atoms with van der Waals surface area (Å²) in [6, 6.07) is 8.14. The van der Waals surface area contributed by atoms with Crippen LogP contribution in [-0.2, 0) is 11.3 Å². The molecular weight excluding hydrogens is 338 g/mol. The van der Waals surface area contributed by atoms with E-state index in [4.69, 9.17) is 6.42 Å². The number of benzene rings is 1. The monoisotopic (exact) mass is 363 g/mol. The number of aromatic nitrogens is 2. The minimum atomic E-state index is -0.411. The van der Waals surface area contributed by atoms with Crippen LogP contribution >= 0.6 is 0 Å². The highest BCUT2D eigenvalue weighted by atomic mass is 16.1. The topological polar surface area (TPSA) is 71.6 Å². The largest absolute Gasteiger partial charge is 0.352 e. The lowest BCUT2D eigenvalue weighted by Crippen LogP contribution is -2.25. The van der Waals surface area contributed by atoms with Gasteiger partial charge in [0.15, 0.2) is 5.66 Å². The molecule has 0 spiro atoms. The van der Waals surface area contributed by atoms with Crippen molar-refractivity contribution in [2.45, 2.75) is 58.7 Å². The molecule has 6 heteroatoms. The Labute approximate surface area is 160 Å². The van der Waals surface area contributed by atoms with Crippen LogP contribution in [-0.4, -0.2) is 21.4 Å². The van der Waals surface area contributed by atoms with E-state index in [9.17, 15) is 4.79 Å². The average Bonchev–Trinajstić information content (AvgIpc) is 3.38. The number of terminal acetylenes is 1. The molecule has 1 aromatic heterocycles. The molecule has 0 aliphatic carbocycles. The first-order valence-electron chi connectivity index (χ1n) is 9.21. The maximum atomic E-state index is 12.3. The maximum Gasteiger partial charge on any atom is 0.220 e. The van der Waals surface area contributed by atoms with Crippen LogP contribution in [0.15, 0.2) is 34.5 Å². The van der Waals surface area contributed by atoms with Crippen LogP contribution < -0.4 is 5.32 Å². The van der Waals surface area contributed by atoms with Gasteiger partial charge in [-0.2, -0.15) is 15.3 Å². The minimum absolute atomic E-state index is 0.00479. The third kappa shape index (κ3) is 4.25. The second-order valence-electron chi connectivity index (χ2n) is 7.01. The zero-order chi connectivity index (χ0) is 19.4. The fourth-order valence-corrected chi connectivity index (χ4v) is 3.22. The number of nitrogens with zero attached hydrogens (tertiary/aromatic N) is 4. The summed E-state index contributed by atoms with van der Waals surface area (Å²) in [4.78, 5) is 12.3. The third-order valence-corrected chi connectivity index (χ3v) is 5.05. The lowest BCUT2D eigenvalue weighted by atomic mass is 10.0. The molecule has 0 atom stereocenters. The van der Waals surface area contributed by atoms with Crippen molar-refractivity contribution in [3.05, 3.63) is 46.8 Å². The number of hydrogen-bond donors (Lipinski definition) is 1. The SMILES string of the molecule is C#CCCC1(CCC(=O)NCc2c(C)nn(-c3ccccc3C)c2C)N=N1. The van der Waals surface area contributed by atoms with E-state index < -0.39 is 5.66 Å². The van der Waals surface area contributed by atoms with Crippen LogP contribution in [0.1, 0.15) is 48.2 Å². The zero-order valence-corrected chi connectivity index (χ0v) is 16.1. The van der Waals surface area contributed by atoms with Gasteiger partial charge >= 0.3 is 0 Å². The number of amides is 1. The first-order chi connectivity index (χ1) is 13.0. The van der Waals surface area contributed by atoms with E-state index in [1.807, 2.05) is 30.7 Å². The summed E-state index contributed by atoms with van der Waals surface area (Å²) in [5, 5.41) is 15.8. The molecule has 1 aromatic carbocycles. The highest BCUT2D eigenvalue weighted by molar-refractivity contribution is 5.76. The molecule has 1 amide bonds. The van der Waals surface area contributed by atoms with Crippen LogP contribution in [0, 0.1) is 33.1 Å². The predicted molar refractivity (Wildman–Crippen MR) is 105 cm³/mol. The third-order valence-electron chi connectivity index (χ3n) is 5.05. The van der Waals surface area contributed by atoms with Gasteiger partial charge in [-0.05, 0) is 32.4 Å². The van der Waals surface area contributed by atoms with E-state index in [0.29, 0.717) is 25.8 Å². The van der Waals surface area contributed by atoms with Gasteiger partial charge in [-0.1, -0.05) is 18.2 Å². The Balaban J connectivity index is 1.59. The number of para-hydroxylation sites is 1. The molecule has 0 radical (unpaired) electrons. The molecule has 2 aromatic rings. The van der Waals surface area contributed by atoms with Gasteiger partial charge in [0, 0.05) is 43.5 Å². The van der Waals surface area contributed by atoms with Gasteiger partial charge in [-0.3, -0.25) is 4.79 Å². The molecule has 0 saturated carbocycles. The Morgan fingerprint density at radius 3 is 2.63 bits per heavy atom. The van der Waals surface area contributed by atoms with Crippen molar-refractivity contribution < 1.29 is 4.79 Å². The Bertz CT molecular complexity index is 913. The maximum absolute atomic E-state index is 12.3. The standard InChI is InChI=1S/C21H25N5O/c1-5-6-12-21(24-25-21)13-11-20(27)22-14-18-16(3)23-26(17(18)4)19-10-8-7-9-15(19)2/h1,7-10H,6,11-14H2,2-4H3,(H,22,27). The fourth-order valence-electron chi connectivity index (χ4n) is 3.22. The van der Waals surface area contributed by atoms with E-state index in [0.717, 1.165) is 34.6 Å². The van der Waals surface area contributed by atoms with Crippen molar-refractivity contribution >= 4 is 5.91 Å². The Morgan fingerprint density at radius 2 is 1.96 bits per heavy atom. The van der Waals surface area contributed by atoms with E-state index in [1.54, 1.807) is 0 Å². The highest BCUT2D eigenvalue weighted by Crippen LogP contribution is 2.37. The van der Waals surface area contributed by atoms with Crippen LogP contribution in [0.3, 0.4) is 0 Å². The summed E-state index contributed by atoms with van der Waals surface area (Å²) >= 11 is 0. The quantitative estimate of drug-likeness (QED) is 0.725. The molecule has 27 heavy (non-hydrogen) atoms. The summed E-state index contributed by atoms with van der Waals surface area (Å²) in [5.41, 5.74) is 4.82. The van der Waals surface area contributed by atoms with E-state index >= 15 is 0 Å². The Kier molecular flexibility index (Phi) is 5.41. The van der Waals surface area contributed by atoms with Crippen LogP contribution in [0.4, 0.5) is 0 Å². The lowest BCUT2D eigenvalue weighted by molar-refractivity contribution is -0.121. The number of nitrogens with one attached hydrogen (secondary N) is 1. The smallest absolute Gasteiger partial charge is 0.220 e. The molecule has 1 aliphatic rings. The zero-order valence-electron chi connectivity index (χ0n) is 16.1. The number of rotatable bonds is 8. The van der Waals surface area contributed by atoms with Crippen LogP contribution in [0.5, 0.6) is 0 Å². The normalized spacial score (nSPS) is 14.0. The van der Waals surface area contributed by atoms with Gasteiger partial charge in [0.05, 0.1) is 11.4 Å². The molecule has 1 N–H and O–H groups in total. The van der Waals surface area contributed by atoms with Crippen molar-refractivity contribution in [1.29, 1.82) is 0 Å². The Morgan fingerprint density at radius 1 is 1.22 bits per heavy atom. The summed E-state index contributed by atoms with van der Waals surface area (Å²) in [6.07, 6.45) is 7.65. The molecule has 1 aliphatic heterocycles. The molecule has 140 valence electrons. The van der Waals surface area contributed by atoms with E-state index in [1.165, 1.54) is 0 Å². The minimum Gasteiger partial charge on any atom is -0.352 e. The van der Waals surface area contributed by atoms with Crippen molar-refractivity contribution in [2.75, 3.05) is 0 Å². The van der Waals surface area contributed by atoms with Crippen LogP contribution in [0.2, 0.25) is 0 Å². The van der Waals surface area contributed by atoms with E-state index in [-0.39, 0.29) is 5.91 Å². The molecule has 0 saturated heterocycles. The lowest BCUT2D eigenvalue weighted by Gasteiger charge is -2.10. The second-order valence-corrected chi connectivity index (χ2v) is 7.01. The van der Waals surface area contributed by atoms with Gasteiger partial charge in [0.1, 0.15) is 0 Å². The highest BCUT2D eigenvalue weighted by Gasteiger charge is 2.39. The summed E-state index contributed by atoms with van der Waals surface area (Å²) in [5.74, 6) is 2.60. The molecule has 6 nitrogen and oxygen atoms in total. The van der Waals surface area contributed by atoms with Gasteiger partial charge in [0.2, 0.25) is 5.91 Å². The summed E-state index contributed by atoms with van der Waals surface area (Å²) in [6.45, 7) is 6.54. The molecular formula is C21H25N5O. The second kappa shape index (κ2) is 7.75. The predicted octanol–water partition coefficient (Wildman–Crippen LogP) is 3.77. The fraction of sp³-hybridized carbons (Fsp3) is 0.429. The average molecular weight is 363 g/mol. The number of carbonyl (C=O) groups excluding carboxylic acids is 1. The summed E-state index contributed by atoms with van der Waals surface area (Å²) in [7, 11) is 0. The van der Waals surface area contributed by atoms with E-state index in [2.05, 4.69) is 45.6 Å². The van der Waals surface area contributed by atoms with Crippen molar-refractivity contribution in [2.24, 2.45) is 10.2 Å². The molecule has 0 unspecified atom stereocenters. The molecule has 3 rings (SSSR count). The van der Waals surface area contributed by atoms with Gasteiger partial charge in [0.25, 0.3) is 0 Å². The van der Waals surface area contributed by atoms with Crippen molar-refractivity contribution in [3.8, 4) is 18.0 Å². The van der Waals surface area contributed by atoms with Gasteiger partial charge in [-0.15, -0.1) is 12.3 Å². The molecule has 2 heterocycles.